The van der Waals surface area contributed by atoms with E-state index >= 15 is 0 Å². The summed E-state index contributed by atoms with van der Waals surface area (Å²) in [7, 11) is 0. The third-order valence-electron chi connectivity index (χ3n) is 3.52. The Kier molecular flexibility index (Phi) is 11.8. The van der Waals surface area contributed by atoms with E-state index in [4.69, 9.17) is 4.74 Å². The Morgan fingerprint density at radius 3 is 2.48 bits per heavy atom. The number of nitrogens with one attached hydrogen (secondary N) is 1. The second-order valence-electron chi connectivity index (χ2n) is 5.10. The lowest BCUT2D eigenvalue weighted by Gasteiger charge is -2.33. The van der Waals surface area contributed by atoms with Gasteiger partial charge in [0, 0.05) is 26.2 Å². The van der Waals surface area contributed by atoms with Crippen molar-refractivity contribution in [2.24, 2.45) is 10.9 Å². The number of ether oxygens (including phenoxy) is 1. The van der Waals surface area contributed by atoms with Gasteiger partial charge in [-0.2, -0.15) is 0 Å². The lowest BCUT2D eigenvalue weighted by Crippen LogP contribution is -2.46. The number of aliphatic imine (C=N–C) groups is 1. The molecule has 0 amide bonds. The molecule has 1 fully saturated rings. The third-order valence-corrected chi connectivity index (χ3v) is 3.52. The largest absolute Gasteiger partial charge is 0.466 e. The zero-order valence-corrected chi connectivity index (χ0v) is 15.9. The Morgan fingerprint density at radius 1 is 1.29 bits per heavy atom. The maximum Gasteiger partial charge on any atom is 0.309 e. The summed E-state index contributed by atoms with van der Waals surface area (Å²) < 4.78 is 5.10. The first-order valence-electron chi connectivity index (χ1n) is 7.92. The average molecular weight is 411 g/mol. The first-order chi connectivity index (χ1) is 9.72. The van der Waals surface area contributed by atoms with Crippen molar-refractivity contribution in [1.29, 1.82) is 0 Å². The number of rotatable bonds is 6. The second kappa shape index (κ2) is 12.1. The SMILES string of the molecule is CCCCN=C(NCC)N1CCC(C(=O)OCC)CC1.I. The topological polar surface area (TPSA) is 53.9 Å². The van der Waals surface area contributed by atoms with E-state index in [1.165, 1.54) is 0 Å². The van der Waals surface area contributed by atoms with Crippen LogP contribution in [0, 0.1) is 5.92 Å². The highest BCUT2D eigenvalue weighted by molar-refractivity contribution is 14.0. The van der Waals surface area contributed by atoms with Crippen LogP contribution in [0.5, 0.6) is 0 Å². The summed E-state index contributed by atoms with van der Waals surface area (Å²) in [6.45, 7) is 10.1. The van der Waals surface area contributed by atoms with Crippen LogP contribution in [0.15, 0.2) is 4.99 Å². The number of guanidine groups is 1. The van der Waals surface area contributed by atoms with E-state index < -0.39 is 0 Å². The van der Waals surface area contributed by atoms with Crippen molar-refractivity contribution in [3.63, 3.8) is 0 Å². The van der Waals surface area contributed by atoms with E-state index in [-0.39, 0.29) is 35.9 Å². The molecule has 0 aromatic carbocycles. The molecule has 0 unspecified atom stereocenters. The van der Waals surface area contributed by atoms with Crippen molar-refractivity contribution < 1.29 is 9.53 Å². The number of hydrogen-bond donors (Lipinski definition) is 1. The normalized spacial score (nSPS) is 16.3. The molecule has 1 aliphatic heterocycles. The van der Waals surface area contributed by atoms with E-state index in [0.717, 1.165) is 57.8 Å². The van der Waals surface area contributed by atoms with Crippen molar-refractivity contribution >= 4 is 35.9 Å². The highest BCUT2D eigenvalue weighted by Crippen LogP contribution is 2.18. The van der Waals surface area contributed by atoms with E-state index in [9.17, 15) is 4.79 Å². The fraction of sp³-hybridized carbons (Fsp3) is 0.867. The van der Waals surface area contributed by atoms with Crippen molar-refractivity contribution in [1.82, 2.24) is 10.2 Å². The van der Waals surface area contributed by atoms with Crippen LogP contribution in [0.4, 0.5) is 0 Å². The highest BCUT2D eigenvalue weighted by atomic mass is 127. The molecular formula is C15H30IN3O2. The van der Waals surface area contributed by atoms with Crippen LogP contribution >= 0.6 is 24.0 Å². The summed E-state index contributed by atoms with van der Waals surface area (Å²) in [5.41, 5.74) is 0. The Labute approximate surface area is 145 Å². The molecule has 1 heterocycles. The van der Waals surface area contributed by atoms with Gasteiger partial charge in [0.2, 0.25) is 0 Å². The molecule has 1 saturated heterocycles. The zero-order valence-electron chi connectivity index (χ0n) is 13.6. The Balaban J connectivity index is 0.00000400. The van der Waals surface area contributed by atoms with Crippen LogP contribution in [-0.4, -0.2) is 49.6 Å². The Hall–Kier alpha value is -0.530. The maximum absolute atomic E-state index is 11.7. The molecule has 0 radical (unpaired) electrons. The van der Waals surface area contributed by atoms with Gasteiger partial charge in [-0.1, -0.05) is 13.3 Å². The van der Waals surface area contributed by atoms with E-state index in [2.05, 4.69) is 29.1 Å². The van der Waals surface area contributed by atoms with Crippen LogP contribution in [0.1, 0.15) is 46.5 Å². The first kappa shape index (κ1) is 20.5. The number of esters is 1. The minimum absolute atomic E-state index is 0. The van der Waals surface area contributed by atoms with Gasteiger partial charge in [0.15, 0.2) is 5.96 Å². The number of halogens is 1. The molecule has 5 nitrogen and oxygen atoms in total. The molecular weight excluding hydrogens is 381 g/mol. The number of carbonyl (C=O) groups is 1. The second-order valence-corrected chi connectivity index (χ2v) is 5.10. The summed E-state index contributed by atoms with van der Waals surface area (Å²) >= 11 is 0. The summed E-state index contributed by atoms with van der Waals surface area (Å²) in [4.78, 5) is 18.6. The lowest BCUT2D eigenvalue weighted by molar-refractivity contribution is -0.149. The van der Waals surface area contributed by atoms with Gasteiger partial charge in [-0.3, -0.25) is 9.79 Å². The molecule has 0 aliphatic carbocycles. The number of likely N-dealkylation sites (tertiary alicyclic amines) is 1. The van der Waals surface area contributed by atoms with Gasteiger partial charge < -0.3 is 15.0 Å². The molecule has 0 aromatic rings. The Morgan fingerprint density at radius 2 is 1.95 bits per heavy atom. The average Bonchev–Trinajstić information content (AvgIpc) is 2.47. The number of unbranched alkanes of at least 4 members (excludes halogenated alkanes) is 1. The molecule has 124 valence electrons. The molecule has 1 N–H and O–H groups in total. The van der Waals surface area contributed by atoms with Crippen molar-refractivity contribution in [2.45, 2.75) is 46.5 Å². The van der Waals surface area contributed by atoms with E-state index in [1.54, 1.807) is 0 Å². The quantitative estimate of drug-likeness (QED) is 0.240. The first-order valence-corrected chi connectivity index (χ1v) is 7.92. The number of piperidine rings is 1. The van der Waals surface area contributed by atoms with Crippen LogP contribution in [0.25, 0.3) is 0 Å². The monoisotopic (exact) mass is 411 g/mol. The van der Waals surface area contributed by atoms with Gasteiger partial charge in [-0.15, -0.1) is 24.0 Å². The summed E-state index contributed by atoms with van der Waals surface area (Å²) in [6, 6.07) is 0. The summed E-state index contributed by atoms with van der Waals surface area (Å²) in [6.07, 6.45) is 4.00. The van der Waals surface area contributed by atoms with Crippen molar-refractivity contribution in [2.75, 3.05) is 32.8 Å². The van der Waals surface area contributed by atoms with E-state index in [0.29, 0.717) is 6.61 Å². The fourth-order valence-corrected chi connectivity index (χ4v) is 2.36. The smallest absolute Gasteiger partial charge is 0.309 e. The molecule has 0 bridgehead atoms. The predicted octanol–water partition coefficient (Wildman–Crippen LogP) is 2.65. The van der Waals surface area contributed by atoms with Crippen LogP contribution < -0.4 is 5.32 Å². The van der Waals surface area contributed by atoms with E-state index in [1.807, 2.05) is 6.92 Å². The van der Waals surface area contributed by atoms with Crippen molar-refractivity contribution in [3.05, 3.63) is 0 Å². The van der Waals surface area contributed by atoms with Gasteiger partial charge >= 0.3 is 5.97 Å². The van der Waals surface area contributed by atoms with Gasteiger partial charge in [0.05, 0.1) is 12.5 Å². The summed E-state index contributed by atoms with van der Waals surface area (Å²) in [5, 5.41) is 3.34. The van der Waals surface area contributed by atoms with Crippen LogP contribution in [0.2, 0.25) is 0 Å². The van der Waals surface area contributed by atoms with Crippen molar-refractivity contribution in [3.8, 4) is 0 Å². The maximum atomic E-state index is 11.7. The van der Waals surface area contributed by atoms with Gasteiger partial charge in [-0.25, -0.2) is 0 Å². The molecule has 0 saturated carbocycles. The minimum Gasteiger partial charge on any atom is -0.466 e. The fourth-order valence-electron chi connectivity index (χ4n) is 2.36. The number of carbonyl (C=O) groups excluding carboxylic acids is 1. The molecule has 0 aromatic heterocycles. The molecule has 1 rings (SSSR count). The van der Waals surface area contributed by atoms with Gasteiger partial charge in [-0.05, 0) is 33.1 Å². The van der Waals surface area contributed by atoms with Gasteiger partial charge in [0.1, 0.15) is 0 Å². The lowest BCUT2D eigenvalue weighted by atomic mass is 9.97. The third kappa shape index (κ3) is 7.33. The highest BCUT2D eigenvalue weighted by Gasteiger charge is 2.27. The zero-order chi connectivity index (χ0) is 14.8. The van der Waals surface area contributed by atoms with Crippen LogP contribution in [-0.2, 0) is 9.53 Å². The molecule has 21 heavy (non-hydrogen) atoms. The molecule has 6 heteroatoms. The molecule has 0 atom stereocenters. The summed E-state index contributed by atoms with van der Waals surface area (Å²) in [5.74, 6) is 1.01. The number of hydrogen-bond acceptors (Lipinski definition) is 3. The van der Waals surface area contributed by atoms with Gasteiger partial charge in [0.25, 0.3) is 0 Å². The predicted molar refractivity (Wildman–Crippen MR) is 97.2 cm³/mol. The molecule has 1 aliphatic rings. The minimum atomic E-state index is -0.0416. The number of nitrogens with zero attached hydrogens (tertiary/aromatic N) is 2. The Bertz CT molecular complexity index is 316. The van der Waals surface area contributed by atoms with Crippen LogP contribution in [0.3, 0.4) is 0 Å². The molecule has 0 spiro atoms. The standard InChI is InChI=1S/C15H29N3O2.HI/c1-4-7-10-17-15(16-5-2)18-11-8-13(9-12-18)14(19)20-6-3;/h13H,4-12H2,1-3H3,(H,16,17);1H.